The molecule has 5 heteroatoms. The van der Waals surface area contributed by atoms with Crippen LogP contribution in [-0.2, 0) is 0 Å². The Kier molecular flexibility index (Phi) is 3.05. The molecule has 23 heavy (non-hydrogen) atoms. The largest absolute Gasteiger partial charge is 0.846 e. The van der Waals surface area contributed by atoms with Crippen molar-refractivity contribution in [2.75, 3.05) is 12.4 Å². The predicted octanol–water partition coefficient (Wildman–Crippen LogP) is 3.38. The van der Waals surface area contributed by atoms with Crippen LogP contribution in [0.1, 0.15) is 22.5 Å². The van der Waals surface area contributed by atoms with E-state index in [-0.39, 0.29) is 0 Å². The Labute approximate surface area is 135 Å². The average molecular weight is 306 g/mol. The van der Waals surface area contributed by atoms with E-state index >= 15 is 0 Å². The van der Waals surface area contributed by atoms with E-state index in [1.807, 2.05) is 45.2 Å². The number of rotatable bonds is 2. The molecule has 4 rings (SSSR count). The number of aromatic nitrogens is 1. The van der Waals surface area contributed by atoms with Crippen molar-refractivity contribution in [1.82, 2.24) is 4.48 Å². The predicted molar refractivity (Wildman–Crippen MR) is 93.6 cm³/mol. The third-order valence-corrected chi connectivity index (χ3v) is 4.60. The molecular weight excluding hydrogens is 288 g/mol. The minimum atomic E-state index is -1.19. The summed E-state index contributed by atoms with van der Waals surface area (Å²) in [5.41, 5.74) is 7.17. The number of hydrogen-bond acceptors (Lipinski definition) is 1. The number of nitrogens with zero attached hydrogens (tertiary/aromatic N) is 2. The lowest BCUT2D eigenvalue weighted by Crippen LogP contribution is -2.39. The van der Waals surface area contributed by atoms with E-state index in [2.05, 4.69) is 23.5 Å². The lowest BCUT2D eigenvalue weighted by atomic mass is 9.89. The number of benzene rings is 1. The van der Waals surface area contributed by atoms with Gasteiger partial charge in [0.15, 0.2) is 5.70 Å². The monoisotopic (exact) mass is 306 g/mol. The molecule has 0 fully saturated rings. The third-order valence-electron chi connectivity index (χ3n) is 4.60. The lowest BCUT2D eigenvalue weighted by Gasteiger charge is -2.20. The highest BCUT2D eigenvalue weighted by Crippen LogP contribution is 2.37. The fourth-order valence-corrected chi connectivity index (χ4v) is 3.54. The zero-order valence-electron chi connectivity index (χ0n) is 13.5. The van der Waals surface area contributed by atoms with E-state index in [4.69, 9.17) is 0 Å². The van der Waals surface area contributed by atoms with Gasteiger partial charge in [-0.1, -0.05) is 12.1 Å². The van der Waals surface area contributed by atoms with Crippen molar-refractivity contribution in [2.45, 2.75) is 13.8 Å². The molecule has 3 nitrogen and oxygen atoms in total. The van der Waals surface area contributed by atoms with Gasteiger partial charge in [-0.15, -0.1) is 0 Å². The number of aryl methyl sites for hydroxylation is 2. The van der Waals surface area contributed by atoms with Crippen LogP contribution in [0, 0.1) is 13.8 Å². The first-order valence-corrected chi connectivity index (χ1v) is 7.77. The molecule has 0 spiro atoms. The molecule has 0 bridgehead atoms. The molecule has 1 aromatic carbocycles. The van der Waals surface area contributed by atoms with Crippen LogP contribution in [0.25, 0.3) is 5.57 Å². The first kappa shape index (κ1) is 14.1. The van der Waals surface area contributed by atoms with Crippen molar-refractivity contribution in [3.8, 4) is 0 Å². The van der Waals surface area contributed by atoms with Crippen LogP contribution in [0.5, 0.6) is 0 Å². The Morgan fingerprint density at radius 1 is 1.17 bits per heavy atom. The molecule has 114 valence electrons. The fourth-order valence-electron chi connectivity index (χ4n) is 3.54. The van der Waals surface area contributed by atoms with Gasteiger partial charge in [-0.3, -0.25) is 4.48 Å². The standard InChI is InChI=1S/C18H17BFN3/c1-12-11-13(2)23-18(12)17(14-6-8-15(21-3)9-7-14)16-5-4-10-22(16)19(23)20/h4-11H,1-3H3/p+1. The molecule has 3 heterocycles. The second-order valence-electron chi connectivity index (χ2n) is 6.00. The Bertz CT molecular complexity index is 888. The molecule has 0 radical (unpaired) electrons. The first-order chi connectivity index (χ1) is 11.1. The Morgan fingerprint density at radius 3 is 2.61 bits per heavy atom. The summed E-state index contributed by atoms with van der Waals surface area (Å²) < 4.78 is 18.5. The van der Waals surface area contributed by atoms with E-state index < -0.39 is 7.26 Å². The van der Waals surface area contributed by atoms with Crippen molar-refractivity contribution in [2.24, 2.45) is 0 Å². The zero-order valence-corrected chi connectivity index (χ0v) is 13.5. The van der Waals surface area contributed by atoms with Crippen LogP contribution in [-0.4, -0.2) is 29.5 Å². The fraction of sp³-hybridized carbons (Fsp3) is 0.167. The molecule has 0 atom stereocenters. The van der Waals surface area contributed by atoms with E-state index in [9.17, 15) is 4.32 Å². The minimum Gasteiger partial charge on any atom is -0.388 e. The number of hydrogen-bond donors (Lipinski definition) is 1. The second-order valence-corrected chi connectivity index (χ2v) is 6.00. The van der Waals surface area contributed by atoms with Gasteiger partial charge in [-0.25, -0.2) is 8.80 Å². The summed E-state index contributed by atoms with van der Waals surface area (Å²) in [6.45, 7) is 4.01. The summed E-state index contributed by atoms with van der Waals surface area (Å²) in [6, 6.07) is 10.3. The maximum absolute atomic E-state index is 15.0. The van der Waals surface area contributed by atoms with Gasteiger partial charge in [-0.2, -0.15) is 0 Å². The van der Waals surface area contributed by atoms with Gasteiger partial charge in [0.05, 0.1) is 11.3 Å². The molecule has 0 aliphatic carbocycles. The Balaban J connectivity index is 2.01. The quantitative estimate of drug-likeness (QED) is 0.843. The highest BCUT2D eigenvalue weighted by Gasteiger charge is 2.48. The topological polar surface area (TPSA) is 20.0 Å². The van der Waals surface area contributed by atoms with E-state index in [0.29, 0.717) is 0 Å². The molecule has 0 unspecified atom stereocenters. The number of anilines is 1. The summed E-state index contributed by atoms with van der Waals surface area (Å²) >= 11 is 0. The van der Waals surface area contributed by atoms with Crippen molar-refractivity contribution in [3.63, 3.8) is 0 Å². The molecule has 2 aliphatic heterocycles. The maximum atomic E-state index is 15.0. The van der Waals surface area contributed by atoms with Crippen molar-refractivity contribution < 1.29 is 8.80 Å². The average Bonchev–Trinajstić information content (AvgIpc) is 3.14. The number of nitrogens with one attached hydrogen (secondary N) is 1. The summed E-state index contributed by atoms with van der Waals surface area (Å²) in [4.78, 5) is 0. The highest BCUT2D eigenvalue weighted by molar-refractivity contribution is 6.43. The van der Waals surface area contributed by atoms with Gasteiger partial charge >= 0.3 is 7.26 Å². The summed E-state index contributed by atoms with van der Waals surface area (Å²) in [5, 5.41) is 3.13. The van der Waals surface area contributed by atoms with Crippen LogP contribution in [0.4, 0.5) is 10.0 Å². The van der Waals surface area contributed by atoms with Gasteiger partial charge in [-0.05, 0) is 43.2 Å². The lowest BCUT2D eigenvalue weighted by molar-refractivity contribution is -0.329. The van der Waals surface area contributed by atoms with Crippen molar-refractivity contribution >= 4 is 24.7 Å². The first-order valence-electron chi connectivity index (χ1n) is 7.77. The molecule has 0 saturated carbocycles. The Morgan fingerprint density at radius 2 is 1.91 bits per heavy atom. The second kappa shape index (κ2) is 4.98. The van der Waals surface area contributed by atoms with Gasteiger partial charge in [0.2, 0.25) is 0 Å². The van der Waals surface area contributed by atoms with Crippen LogP contribution in [0.15, 0.2) is 48.2 Å². The van der Waals surface area contributed by atoms with E-state index in [1.54, 1.807) is 15.2 Å². The van der Waals surface area contributed by atoms with Gasteiger partial charge < -0.3 is 5.32 Å². The minimum absolute atomic E-state index is 0.920. The van der Waals surface area contributed by atoms with Crippen LogP contribution >= 0.6 is 0 Å². The van der Waals surface area contributed by atoms with Crippen LogP contribution < -0.4 is 5.32 Å². The maximum Gasteiger partial charge on any atom is 0.846 e. The number of allylic oxidation sites excluding steroid dienone is 2. The summed E-state index contributed by atoms with van der Waals surface area (Å²) in [5.74, 6) is 0. The van der Waals surface area contributed by atoms with Crippen molar-refractivity contribution in [1.29, 1.82) is 0 Å². The Hall–Kier alpha value is -2.56. The summed E-state index contributed by atoms with van der Waals surface area (Å²) in [7, 11) is 0.712. The molecule has 1 aromatic heterocycles. The molecule has 2 aromatic rings. The molecule has 0 saturated heterocycles. The van der Waals surface area contributed by atoms with Crippen molar-refractivity contribution in [3.05, 3.63) is 70.7 Å². The number of halogens is 1. The van der Waals surface area contributed by atoms with Gasteiger partial charge in [0.1, 0.15) is 6.21 Å². The molecular formula is C18H18BFN3+. The van der Waals surface area contributed by atoms with Crippen LogP contribution in [0.3, 0.4) is 0 Å². The highest BCUT2D eigenvalue weighted by atomic mass is 19.1. The molecule has 1 N–H and O–H groups in total. The number of fused-ring (bicyclic) bond motifs is 2. The zero-order chi connectivity index (χ0) is 16.1. The normalized spacial score (nSPS) is 15.7. The molecule has 2 aliphatic rings. The van der Waals surface area contributed by atoms with E-state index in [1.165, 1.54) is 0 Å². The molecule has 0 amide bonds. The van der Waals surface area contributed by atoms with E-state index in [0.717, 1.165) is 39.5 Å². The smallest absolute Gasteiger partial charge is 0.388 e. The van der Waals surface area contributed by atoms with Gasteiger partial charge in [0, 0.05) is 30.6 Å². The SMILES string of the molecule is CNc1ccc(C2=C3C=CC=[N+]3B(F)n3c(C)cc(C)c32)cc1. The van der Waals surface area contributed by atoms with Gasteiger partial charge in [0.25, 0.3) is 0 Å². The third kappa shape index (κ3) is 1.92. The summed E-state index contributed by atoms with van der Waals surface area (Å²) in [6.07, 6.45) is 5.69. The van der Waals surface area contributed by atoms with Crippen LogP contribution in [0.2, 0.25) is 0 Å².